The summed E-state index contributed by atoms with van der Waals surface area (Å²) in [4.78, 5) is 0.348. The van der Waals surface area contributed by atoms with Crippen molar-refractivity contribution in [1.29, 1.82) is 0 Å². The first-order chi connectivity index (χ1) is 7.05. The second kappa shape index (κ2) is 5.14. The molecule has 84 valence electrons. The summed E-state index contributed by atoms with van der Waals surface area (Å²) in [5, 5.41) is 6.06. The van der Waals surface area contributed by atoms with Crippen LogP contribution in [0.3, 0.4) is 0 Å². The van der Waals surface area contributed by atoms with Gasteiger partial charge in [0, 0.05) is 19.3 Å². The molecule has 0 saturated carbocycles. The summed E-state index contributed by atoms with van der Waals surface area (Å²) >= 11 is 0. The summed E-state index contributed by atoms with van der Waals surface area (Å²) in [5.41, 5.74) is 0.662. The van der Waals surface area contributed by atoms with Crippen molar-refractivity contribution in [3.05, 3.63) is 24.3 Å². The monoisotopic (exact) mass is 228 g/mol. The molecular formula is C10H16N2O2S. The molecule has 0 spiro atoms. The average Bonchev–Trinajstić information content (AvgIpc) is 2.17. The van der Waals surface area contributed by atoms with E-state index in [0.29, 0.717) is 17.1 Å². The molecule has 0 heterocycles. The summed E-state index contributed by atoms with van der Waals surface area (Å²) < 4.78 is 22.9. The number of hydrogen-bond donors (Lipinski definition) is 2. The highest BCUT2D eigenvalue weighted by Gasteiger charge is 2.11. The molecule has 0 aliphatic rings. The Balaban J connectivity index is 2.88. The van der Waals surface area contributed by atoms with Crippen LogP contribution in [-0.2, 0) is 9.84 Å². The molecule has 5 heteroatoms. The van der Waals surface area contributed by atoms with Gasteiger partial charge in [-0.1, -0.05) is 12.1 Å². The maximum atomic E-state index is 11.4. The van der Waals surface area contributed by atoms with Crippen molar-refractivity contribution in [2.24, 2.45) is 0 Å². The van der Waals surface area contributed by atoms with Gasteiger partial charge < -0.3 is 10.6 Å². The number of hydrogen-bond acceptors (Lipinski definition) is 4. The lowest BCUT2D eigenvalue weighted by molar-refractivity contribution is 0.602. The number of nitrogens with one attached hydrogen (secondary N) is 2. The highest BCUT2D eigenvalue weighted by Crippen LogP contribution is 2.19. The maximum absolute atomic E-state index is 11.4. The van der Waals surface area contributed by atoms with E-state index in [-0.39, 0.29) is 0 Å². The van der Waals surface area contributed by atoms with Crippen LogP contribution < -0.4 is 10.6 Å². The molecular weight excluding hydrogens is 212 g/mol. The van der Waals surface area contributed by atoms with Gasteiger partial charge in [0.1, 0.15) is 0 Å². The zero-order chi connectivity index (χ0) is 11.3. The van der Waals surface area contributed by atoms with Crippen LogP contribution in [0.5, 0.6) is 0 Å². The van der Waals surface area contributed by atoms with Gasteiger partial charge in [-0.15, -0.1) is 0 Å². The molecule has 0 aliphatic heterocycles. The summed E-state index contributed by atoms with van der Waals surface area (Å²) in [6.07, 6.45) is 1.21. The molecule has 2 N–H and O–H groups in total. The summed E-state index contributed by atoms with van der Waals surface area (Å²) in [6.45, 7) is 1.49. The maximum Gasteiger partial charge on any atom is 0.177 e. The molecule has 0 aromatic heterocycles. The molecule has 1 aromatic carbocycles. The van der Waals surface area contributed by atoms with Crippen molar-refractivity contribution >= 4 is 15.5 Å². The van der Waals surface area contributed by atoms with Crippen LogP contribution >= 0.6 is 0 Å². The minimum Gasteiger partial charge on any atom is -0.383 e. The Labute approximate surface area is 90.6 Å². The van der Waals surface area contributed by atoms with Crippen LogP contribution in [0.2, 0.25) is 0 Å². The minimum absolute atomic E-state index is 0.348. The SMILES string of the molecule is CNCCNc1ccccc1S(C)(=O)=O. The van der Waals surface area contributed by atoms with Gasteiger partial charge in [-0.05, 0) is 19.2 Å². The molecule has 4 nitrogen and oxygen atoms in total. The predicted molar refractivity (Wildman–Crippen MR) is 62.0 cm³/mol. The fourth-order valence-corrected chi connectivity index (χ4v) is 2.12. The lowest BCUT2D eigenvalue weighted by atomic mass is 10.3. The number of benzene rings is 1. The van der Waals surface area contributed by atoms with E-state index in [1.165, 1.54) is 6.26 Å². The molecule has 0 atom stereocenters. The number of para-hydroxylation sites is 1. The molecule has 0 bridgehead atoms. The van der Waals surface area contributed by atoms with Gasteiger partial charge in [0.05, 0.1) is 10.6 Å². The fraction of sp³-hybridized carbons (Fsp3) is 0.400. The molecule has 1 rings (SSSR count). The van der Waals surface area contributed by atoms with Crippen LogP contribution in [0, 0.1) is 0 Å². The second-order valence-electron chi connectivity index (χ2n) is 3.30. The summed E-state index contributed by atoms with van der Waals surface area (Å²) in [6, 6.07) is 6.92. The first-order valence-corrected chi connectivity index (χ1v) is 6.62. The first-order valence-electron chi connectivity index (χ1n) is 4.73. The van der Waals surface area contributed by atoms with E-state index >= 15 is 0 Å². The number of likely N-dealkylation sites (N-methyl/N-ethyl adjacent to an activating group) is 1. The zero-order valence-electron chi connectivity index (χ0n) is 8.95. The van der Waals surface area contributed by atoms with Crippen molar-refractivity contribution in [2.45, 2.75) is 4.90 Å². The fourth-order valence-electron chi connectivity index (χ4n) is 1.26. The normalized spacial score (nSPS) is 11.3. The van der Waals surface area contributed by atoms with Gasteiger partial charge in [-0.25, -0.2) is 8.42 Å². The Kier molecular flexibility index (Phi) is 4.11. The largest absolute Gasteiger partial charge is 0.383 e. The molecule has 15 heavy (non-hydrogen) atoms. The second-order valence-corrected chi connectivity index (χ2v) is 5.28. The van der Waals surface area contributed by atoms with E-state index in [1.54, 1.807) is 18.2 Å². The van der Waals surface area contributed by atoms with E-state index in [1.807, 2.05) is 13.1 Å². The van der Waals surface area contributed by atoms with Crippen molar-refractivity contribution in [3.63, 3.8) is 0 Å². The quantitative estimate of drug-likeness (QED) is 0.729. The van der Waals surface area contributed by atoms with Crippen molar-refractivity contribution in [1.82, 2.24) is 5.32 Å². The summed E-state index contributed by atoms with van der Waals surface area (Å²) in [7, 11) is -1.30. The van der Waals surface area contributed by atoms with E-state index < -0.39 is 9.84 Å². The van der Waals surface area contributed by atoms with E-state index in [0.717, 1.165) is 6.54 Å². The van der Waals surface area contributed by atoms with E-state index in [9.17, 15) is 8.42 Å². The lowest BCUT2D eigenvalue weighted by Crippen LogP contribution is -2.18. The Hall–Kier alpha value is -1.07. The number of rotatable bonds is 5. The topological polar surface area (TPSA) is 58.2 Å². The van der Waals surface area contributed by atoms with Gasteiger partial charge in [0.15, 0.2) is 9.84 Å². The molecule has 0 radical (unpaired) electrons. The van der Waals surface area contributed by atoms with Crippen molar-refractivity contribution in [3.8, 4) is 0 Å². The van der Waals surface area contributed by atoms with Gasteiger partial charge >= 0.3 is 0 Å². The van der Waals surface area contributed by atoms with Gasteiger partial charge in [-0.2, -0.15) is 0 Å². The third-order valence-corrected chi connectivity index (χ3v) is 3.13. The predicted octanol–water partition coefficient (Wildman–Crippen LogP) is 0.721. The molecule has 1 aromatic rings. The van der Waals surface area contributed by atoms with E-state index in [4.69, 9.17) is 0 Å². The smallest absolute Gasteiger partial charge is 0.177 e. The molecule has 0 fully saturated rings. The van der Waals surface area contributed by atoms with Crippen LogP contribution in [0.25, 0.3) is 0 Å². The highest BCUT2D eigenvalue weighted by molar-refractivity contribution is 7.90. The zero-order valence-corrected chi connectivity index (χ0v) is 9.76. The lowest BCUT2D eigenvalue weighted by Gasteiger charge is -2.10. The van der Waals surface area contributed by atoms with Crippen molar-refractivity contribution in [2.75, 3.05) is 31.7 Å². The minimum atomic E-state index is -3.15. The number of sulfone groups is 1. The van der Waals surface area contributed by atoms with Gasteiger partial charge in [0.2, 0.25) is 0 Å². The molecule has 0 amide bonds. The Morgan fingerprint density at radius 2 is 1.87 bits per heavy atom. The third-order valence-electron chi connectivity index (χ3n) is 1.98. The summed E-state index contributed by atoms with van der Waals surface area (Å²) in [5.74, 6) is 0. The number of anilines is 1. The highest BCUT2D eigenvalue weighted by atomic mass is 32.2. The Morgan fingerprint density at radius 3 is 2.47 bits per heavy atom. The standard InChI is InChI=1S/C10H16N2O2S/c1-11-7-8-12-9-5-3-4-6-10(9)15(2,13)14/h3-6,11-12H,7-8H2,1-2H3. The van der Waals surface area contributed by atoms with Crippen LogP contribution in [0.15, 0.2) is 29.2 Å². The molecule has 0 unspecified atom stereocenters. The van der Waals surface area contributed by atoms with E-state index in [2.05, 4.69) is 10.6 Å². The van der Waals surface area contributed by atoms with Crippen LogP contribution in [0.1, 0.15) is 0 Å². The Morgan fingerprint density at radius 1 is 1.20 bits per heavy atom. The van der Waals surface area contributed by atoms with Crippen LogP contribution in [0.4, 0.5) is 5.69 Å². The van der Waals surface area contributed by atoms with Gasteiger partial charge in [-0.3, -0.25) is 0 Å². The van der Waals surface area contributed by atoms with Crippen molar-refractivity contribution < 1.29 is 8.42 Å². The molecule has 0 saturated heterocycles. The Bertz CT molecular complexity index is 415. The molecule has 0 aliphatic carbocycles. The first kappa shape index (κ1) is 12.0. The third kappa shape index (κ3) is 3.53. The van der Waals surface area contributed by atoms with Gasteiger partial charge in [0.25, 0.3) is 0 Å². The van der Waals surface area contributed by atoms with Crippen LogP contribution in [-0.4, -0.2) is 34.8 Å². The average molecular weight is 228 g/mol.